The monoisotopic (exact) mass is 418 g/mol. The lowest BCUT2D eigenvalue weighted by Gasteiger charge is -2.07. The van der Waals surface area contributed by atoms with Gasteiger partial charge in [-0.1, -0.05) is 70.9 Å². The summed E-state index contributed by atoms with van der Waals surface area (Å²) in [6, 6.07) is 27.2. The molecule has 4 aromatic rings. The van der Waals surface area contributed by atoms with Gasteiger partial charge in [-0.05, 0) is 37.3 Å². The Morgan fingerprint density at radius 3 is 2.27 bits per heavy atom. The number of hydrogen-bond donors (Lipinski definition) is 0. The number of para-hydroxylation sites is 1. The summed E-state index contributed by atoms with van der Waals surface area (Å²) in [5.41, 5.74) is 2.66. The fourth-order valence-electron chi connectivity index (χ4n) is 3.32. The molecule has 0 fully saturated rings. The van der Waals surface area contributed by atoms with Crippen LogP contribution in [0.2, 0.25) is 5.02 Å². The quantitative estimate of drug-likeness (QED) is 0.336. The molecule has 0 atom stereocenters. The van der Waals surface area contributed by atoms with E-state index in [0.717, 1.165) is 22.6 Å². The van der Waals surface area contributed by atoms with Gasteiger partial charge in [-0.2, -0.15) is 0 Å². The van der Waals surface area contributed by atoms with Gasteiger partial charge < -0.3 is 4.74 Å². The molecular weight excluding hydrogens is 398 g/mol. The summed E-state index contributed by atoms with van der Waals surface area (Å²) < 4.78 is 8.95. The third-order valence-corrected chi connectivity index (χ3v) is 5.05. The van der Waals surface area contributed by atoms with Crippen molar-refractivity contribution in [3.05, 3.63) is 101 Å². The zero-order valence-corrected chi connectivity index (χ0v) is 17.3. The van der Waals surface area contributed by atoms with Crippen LogP contribution in [-0.2, 0) is 11.3 Å². The lowest BCUT2D eigenvalue weighted by Crippen LogP contribution is -2.42. The predicted octanol–water partition coefficient (Wildman–Crippen LogP) is 4.71. The largest absolute Gasteiger partial charge is 0.458 e. The van der Waals surface area contributed by atoms with Gasteiger partial charge in [0.05, 0.1) is 23.8 Å². The fourth-order valence-corrected chi connectivity index (χ4v) is 3.51. The van der Waals surface area contributed by atoms with Crippen LogP contribution in [0.15, 0.2) is 84.9 Å². The molecule has 0 bridgehead atoms. The molecule has 0 saturated heterocycles. The topological polar surface area (TPSA) is 48.0 Å². The minimum atomic E-state index is -0.476. The van der Waals surface area contributed by atoms with Gasteiger partial charge in [0.2, 0.25) is 0 Å². The van der Waals surface area contributed by atoms with E-state index in [-0.39, 0.29) is 12.4 Å². The lowest BCUT2D eigenvalue weighted by atomic mass is 10.2. The zero-order valence-electron chi connectivity index (χ0n) is 16.5. The Labute approximate surface area is 180 Å². The zero-order chi connectivity index (χ0) is 20.9. The molecule has 0 saturated carbocycles. The van der Waals surface area contributed by atoms with Gasteiger partial charge in [-0.25, -0.2) is 9.36 Å². The van der Waals surface area contributed by atoms with E-state index < -0.39 is 5.97 Å². The molecule has 0 aliphatic heterocycles. The van der Waals surface area contributed by atoms with E-state index in [9.17, 15) is 4.79 Å². The molecule has 1 aromatic heterocycles. The van der Waals surface area contributed by atoms with Crippen LogP contribution in [0.4, 0.5) is 0 Å². The van der Waals surface area contributed by atoms with Crippen LogP contribution in [0.5, 0.6) is 0 Å². The van der Waals surface area contributed by atoms with Gasteiger partial charge in [0.15, 0.2) is 0 Å². The second-order valence-electron chi connectivity index (χ2n) is 6.66. The number of hydrogen-bond acceptors (Lipinski definition) is 3. The van der Waals surface area contributed by atoms with E-state index in [1.165, 1.54) is 0 Å². The summed E-state index contributed by atoms with van der Waals surface area (Å²) in [4.78, 5) is 12.8. The third-order valence-electron chi connectivity index (χ3n) is 4.68. The predicted molar refractivity (Wildman–Crippen MR) is 116 cm³/mol. The number of halogens is 1. The average molecular weight is 419 g/mol. The standard InChI is InChI=1S/C24H21ClN3O2/c1-2-30-24(29)22-26-28(20-14-7-4-8-15-20)23(18-11-5-3-6-12-18)27(22)17-19-13-9-10-16-21(19)25/h3-16H,2,17H2,1H3/q+1. The van der Waals surface area contributed by atoms with Crippen molar-refractivity contribution in [1.29, 1.82) is 0 Å². The first-order valence-electron chi connectivity index (χ1n) is 9.73. The molecule has 0 aliphatic carbocycles. The molecule has 6 heteroatoms. The summed E-state index contributed by atoms with van der Waals surface area (Å²) in [5, 5.41) is 5.29. The van der Waals surface area contributed by atoms with E-state index in [1.54, 1.807) is 11.6 Å². The molecule has 5 nitrogen and oxygen atoms in total. The highest BCUT2D eigenvalue weighted by atomic mass is 35.5. The van der Waals surface area contributed by atoms with Crippen LogP contribution in [0.1, 0.15) is 23.1 Å². The molecule has 4 rings (SSSR count). The van der Waals surface area contributed by atoms with E-state index in [0.29, 0.717) is 11.6 Å². The van der Waals surface area contributed by atoms with E-state index in [4.69, 9.17) is 16.3 Å². The molecule has 1 heterocycles. The SMILES string of the molecule is CCOC(=O)c1nn(-c2ccccc2)c(-c2ccccc2)[n+]1Cc1ccccc1Cl. The molecule has 0 aliphatic rings. The highest BCUT2D eigenvalue weighted by molar-refractivity contribution is 6.31. The van der Waals surface area contributed by atoms with Gasteiger partial charge >= 0.3 is 11.8 Å². The normalized spacial score (nSPS) is 10.7. The average Bonchev–Trinajstić information content (AvgIpc) is 3.16. The Bertz CT molecular complexity index is 1160. The number of ether oxygens (including phenoxy) is 1. The van der Waals surface area contributed by atoms with Gasteiger partial charge in [0.25, 0.3) is 5.82 Å². The van der Waals surface area contributed by atoms with Crippen molar-refractivity contribution in [2.75, 3.05) is 6.61 Å². The molecule has 0 spiro atoms. The maximum atomic E-state index is 12.8. The van der Waals surface area contributed by atoms with Gasteiger partial charge in [0.1, 0.15) is 5.69 Å². The highest BCUT2D eigenvalue weighted by Gasteiger charge is 2.34. The van der Waals surface area contributed by atoms with Crippen molar-refractivity contribution < 1.29 is 14.1 Å². The Hall–Kier alpha value is -3.44. The molecule has 0 radical (unpaired) electrons. The van der Waals surface area contributed by atoms with Crippen LogP contribution < -0.4 is 4.57 Å². The third kappa shape index (κ3) is 3.98. The number of nitrogens with zero attached hydrogens (tertiary/aromatic N) is 3. The van der Waals surface area contributed by atoms with E-state index in [2.05, 4.69) is 5.10 Å². The van der Waals surface area contributed by atoms with Crippen LogP contribution in [0.25, 0.3) is 17.1 Å². The van der Waals surface area contributed by atoms with Crippen LogP contribution >= 0.6 is 11.6 Å². The van der Waals surface area contributed by atoms with Crippen molar-refractivity contribution in [3.8, 4) is 17.1 Å². The molecule has 0 unspecified atom stereocenters. The Morgan fingerprint density at radius 1 is 0.967 bits per heavy atom. The highest BCUT2D eigenvalue weighted by Crippen LogP contribution is 2.22. The first kappa shape index (κ1) is 19.9. The molecule has 30 heavy (non-hydrogen) atoms. The number of benzene rings is 3. The second-order valence-corrected chi connectivity index (χ2v) is 7.07. The maximum absolute atomic E-state index is 12.8. The van der Waals surface area contributed by atoms with Crippen molar-refractivity contribution in [2.24, 2.45) is 0 Å². The van der Waals surface area contributed by atoms with Crippen molar-refractivity contribution in [2.45, 2.75) is 13.5 Å². The number of aromatic nitrogens is 3. The van der Waals surface area contributed by atoms with Gasteiger partial charge in [0, 0.05) is 10.6 Å². The first-order valence-corrected chi connectivity index (χ1v) is 10.1. The summed E-state index contributed by atoms with van der Waals surface area (Å²) in [6.07, 6.45) is 0. The molecule has 150 valence electrons. The van der Waals surface area contributed by atoms with Crippen molar-refractivity contribution in [3.63, 3.8) is 0 Å². The van der Waals surface area contributed by atoms with E-state index in [1.807, 2.05) is 89.5 Å². The number of rotatable bonds is 6. The summed E-state index contributed by atoms with van der Waals surface area (Å²) in [6.45, 7) is 2.43. The number of carbonyl (C=O) groups is 1. The summed E-state index contributed by atoms with van der Waals surface area (Å²) in [7, 11) is 0. The molecule has 3 aromatic carbocycles. The van der Waals surface area contributed by atoms with Crippen LogP contribution in [0, 0.1) is 0 Å². The summed E-state index contributed by atoms with van der Waals surface area (Å²) in [5.74, 6) is 0.515. The fraction of sp³-hybridized carbons (Fsp3) is 0.125. The summed E-state index contributed by atoms with van der Waals surface area (Å²) >= 11 is 6.43. The number of carbonyl (C=O) groups excluding carboxylic acids is 1. The Morgan fingerprint density at radius 2 is 1.60 bits per heavy atom. The molecular formula is C24H21ClN3O2+. The second kappa shape index (κ2) is 8.93. The maximum Gasteiger partial charge on any atom is 0.412 e. The number of esters is 1. The molecule has 0 amide bonds. The minimum Gasteiger partial charge on any atom is -0.458 e. The van der Waals surface area contributed by atoms with Gasteiger partial charge in [-0.3, -0.25) is 0 Å². The minimum absolute atomic E-state index is 0.222. The van der Waals surface area contributed by atoms with Crippen molar-refractivity contribution in [1.82, 2.24) is 9.78 Å². The van der Waals surface area contributed by atoms with Crippen LogP contribution in [-0.4, -0.2) is 22.4 Å². The lowest BCUT2D eigenvalue weighted by molar-refractivity contribution is -0.680. The van der Waals surface area contributed by atoms with Crippen molar-refractivity contribution >= 4 is 17.6 Å². The van der Waals surface area contributed by atoms with Crippen LogP contribution in [0.3, 0.4) is 0 Å². The molecule has 0 N–H and O–H groups in total. The van der Waals surface area contributed by atoms with Gasteiger partial charge in [-0.15, -0.1) is 0 Å². The smallest absolute Gasteiger partial charge is 0.412 e. The van der Waals surface area contributed by atoms with E-state index >= 15 is 0 Å². The first-order chi connectivity index (χ1) is 14.7. The Balaban J connectivity index is 1.98. The Kier molecular flexibility index (Phi) is 5.91.